The van der Waals surface area contributed by atoms with Crippen molar-refractivity contribution in [3.63, 3.8) is 0 Å². The van der Waals surface area contributed by atoms with Gasteiger partial charge < -0.3 is 29.0 Å². The van der Waals surface area contributed by atoms with E-state index in [1.807, 2.05) is 31.2 Å². The Bertz CT molecular complexity index is 1440. The van der Waals surface area contributed by atoms with Crippen molar-refractivity contribution in [1.29, 1.82) is 0 Å². The van der Waals surface area contributed by atoms with Crippen LogP contribution in [0.15, 0.2) is 72.3 Å². The van der Waals surface area contributed by atoms with Crippen molar-refractivity contribution in [2.24, 2.45) is 5.92 Å². The smallest absolute Gasteiger partial charge is 0.295 e. The van der Waals surface area contributed by atoms with Gasteiger partial charge in [0.05, 0.1) is 25.3 Å². The maximum Gasteiger partial charge on any atom is 0.295 e. The highest BCUT2D eigenvalue weighted by atomic mass is 16.5. The van der Waals surface area contributed by atoms with Crippen molar-refractivity contribution in [3.05, 3.63) is 94.6 Å². The number of hydrogen-bond acceptors (Lipinski definition) is 7. The summed E-state index contributed by atoms with van der Waals surface area (Å²) in [4.78, 5) is 28.2. The molecule has 8 nitrogen and oxygen atoms in total. The van der Waals surface area contributed by atoms with Gasteiger partial charge in [0.25, 0.3) is 11.7 Å². The van der Waals surface area contributed by atoms with E-state index in [1.54, 1.807) is 50.6 Å². The van der Waals surface area contributed by atoms with E-state index in [4.69, 9.17) is 18.9 Å². The molecule has 1 fully saturated rings. The number of aryl methyl sites for hydroxylation is 1. The van der Waals surface area contributed by atoms with Crippen molar-refractivity contribution in [2.75, 3.05) is 34.0 Å². The number of likely N-dealkylation sites (tertiary alicyclic amines) is 1. The second kappa shape index (κ2) is 14.7. The fraction of sp³-hybridized carbons (Fsp3) is 0.371. The maximum atomic E-state index is 13.4. The third-order valence-corrected chi connectivity index (χ3v) is 7.36. The fourth-order valence-electron chi connectivity index (χ4n) is 5.05. The number of Topliss-reactive ketones (excluding diaryl/α,β-unsaturated/α-hetero) is 1. The molecule has 0 bridgehead atoms. The molecule has 1 aliphatic heterocycles. The van der Waals surface area contributed by atoms with E-state index in [1.165, 1.54) is 4.90 Å². The second-order valence-electron chi connectivity index (χ2n) is 11.1. The Balaban J connectivity index is 1.65. The van der Waals surface area contributed by atoms with Crippen LogP contribution in [-0.4, -0.2) is 55.7 Å². The number of benzene rings is 3. The van der Waals surface area contributed by atoms with Crippen LogP contribution >= 0.6 is 0 Å². The van der Waals surface area contributed by atoms with Crippen molar-refractivity contribution < 1.29 is 33.6 Å². The first kappa shape index (κ1) is 31.6. The van der Waals surface area contributed by atoms with E-state index in [-0.39, 0.29) is 17.9 Å². The number of nitrogens with zero attached hydrogens (tertiary/aromatic N) is 1. The standard InChI is InChI=1S/C35H41NO7/c1-23(2)16-19-42-29-15-12-27(21-30(29)41-5)32-31(34(38)35(39)36(32)17-7-18-40-4)33(37)26-10-13-28(14-11-26)43-22-25-9-6-8-24(3)20-25/h6,8-15,20-21,23,32,37H,7,16-19,22H2,1-5H3/b33-31+. The van der Waals surface area contributed by atoms with Gasteiger partial charge in [-0.1, -0.05) is 49.7 Å². The molecule has 0 aromatic heterocycles. The minimum atomic E-state index is -0.812. The summed E-state index contributed by atoms with van der Waals surface area (Å²) in [6.07, 6.45) is 1.42. The molecule has 1 saturated heterocycles. The van der Waals surface area contributed by atoms with Crippen LogP contribution in [0.3, 0.4) is 0 Å². The van der Waals surface area contributed by atoms with Gasteiger partial charge in [0.15, 0.2) is 11.5 Å². The largest absolute Gasteiger partial charge is 0.507 e. The van der Waals surface area contributed by atoms with Crippen molar-refractivity contribution in [1.82, 2.24) is 4.90 Å². The summed E-state index contributed by atoms with van der Waals surface area (Å²) in [7, 11) is 3.13. The van der Waals surface area contributed by atoms with Gasteiger partial charge in [-0.2, -0.15) is 0 Å². The van der Waals surface area contributed by atoms with Gasteiger partial charge in [-0.05, 0) is 73.2 Å². The number of methoxy groups -OCH3 is 2. The van der Waals surface area contributed by atoms with E-state index in [9.17, 15) is 14.7 Å². The number of ketones is 1. The van der Waals surface area contributed by atoms with E-state index in [0.717, 1.165) is 17.5 Å². The molecule has 1 amide bonds. The number of carbonyl (C=O) groups excluding carboxylic acids is 2. The van der Waals surface area contributed by atoms with E-state index >= 15 is 0 Å². The highest BCUT2D eigenvalue weighted by Gasteiger charge is 2.46. The van der Waals surface area contributed by atoms with E-state index < -0.39 is 17.7 Å². The van der Waals surface area contributed by atoms with Crippen LogP contribution in [-0.2, 0) is 20.9 Å². The van der Waals surface area contributed by atoms with Crippen LogP contribution in [0, 0.1) is 12.8 Å². The normalized spacial score (nSPS) is 16.1. The molecular weight excluding hydrogens is 546 g/mol. The van der Waals surface area contributed by atoms with E-state index in [0.29, 0.717) is 60.5 Å². The lowest BCUT2D eigenvalue weighted by Crippen LogP contribution is -2.31. The predicted molar refractivity (Wildman–Crippen MR) is 165 cm³/mol. The third-order valence-electron chi connectivity index (χ3n) is 7.36. The van der Waals surface area contributed by atoms with Crippen molar-refractivity contribution >= 4 is 17.4 Å². The molecule has 3 aromatic carbocycles. The summed E-state index contributed by atoms with van der Waals surface area (Å²) in [5.41, 5.74) is 3.26. The zero-order valence-electron chi connectivity index (χ0n) is 25.6. The monoisotopic (exact) mass is 587 g/mol. The number of rotatable bonds is 14. The Hall–Kier alpha value is -4.30. The number of carbonyl (C=O) groups is 2. The topological polar surface area (TPSA) is 94.5 Å². The molecule has 0 spiro atoms. The lowest BCUT2D eigenvalue weighted by molar-refractivity contribution is -0.140. The molecule has 0 aliphatic carbocycles. The summed E-state index contributed by atoms with van der Waals surface area (Å²) in [6.45, 7) is 7.92. The highest BCUT2D eigenvalue weighted by molar-refractivity contribution is 6.46. The lowest BCUT2D eigenvalue weighted by atomic mass is 9.95. The molecule has 4 rings (SSSR count). The number of amides is 1. The fourth-order valence-corrected chi connectivity index (χ4v) is 5.05. The molecule has 8 heteroatoms. The van der Waals surface area contributed by atoms with Gasteiger partial charge in [-0.3, -0.25) is 9.59 Å². The Morgan fingerprint density at radius 2 is 1.70 bits per heavy atom. The van der Waals surface area contributed by atoms with Gasteiger partial charge in [0, 0.05) is 25.8 Å². The molecule has 228 valence electrons. The van der Waals surface area contributed by atoms with Gasteiger partial charge in [0.2, 0.25) is 0 Å². The minimum Gasteiger partial charge on any atom is -0.507 e. The Morgan fingerprint density at radius 1 is 0.930 bits per heavy atom. The average molecular weight is 588 g/mol. The molecule has 43 heavy (non-hydrogen) atoms. The van der Waals surface area contributed by atoms with Gasteiger partial charge in [-0.25, -0.2) is 0 Å². The third kappa shape index (κ3) is 7.76. The average Bonchev–Trinajstić information content (AvgIpc) is 3.25. The number of ether oxygens (including phenoxy) is 4. The van der Waals surface area contributed by atoms with Crippen LogP contribution in [0.2, 0.25) is 0 Å². The van der Waals surface area contributed by atoms with Crippen LogP contribution in [0.1, 0.15) is 55.0 Å². The molecule has 1 aliphatic rings. The second-order valence-corrected chi connectivity index (χ2v) is 11.1. The molecule has 1 atom stereocenters. The van der Waals surface area contributed by atoms with Crippen molar-refractivity contribution in [2.45, 2.75) is 46.3 Å². The first-order valence-electron chi connectivity index (χ1n) is 14.6. The molecule has 1 unspecified atom stereocenters. The summed E-state index contributed by atoms with van der Waals surface area (Å²) < 4.78 is 22.7. The lowest BCUT2D eigenvalue weighted by Gasteiger charge is -2.26. The number of hydrogen-bond donors (Lipinski definition) is 1. The van der Waals surface area contributed by atoms with Crippen LogP contribution in [0.4, 0.5) is 0 Å². The summed E-state index contributed by atoms with van der Waals surface area (Å²) in [6, 6.07) is 19.5. The van der Waals surface area contributed by atoms with E-state index in [2.05, 4.69) is 19.9 Å². The first-order valence-corrected chi connectivity index (χ1v) is 14.6. The zero-order valence-corrected chi connectivity index (χ0v) is 25.6. The summed E-state index contributed by atoms with van der Waals surface area (Å²) in [5, 5.41) is 11.5. The predicted octanol–water partition coefficient (Wildman–Crippen LogP) is 6.47. The van der Waals surface area contributed by atoms with Crippen LogP contribution in [0.25, 0.3) is 5.76 Å². The molecule has 0 radical (unpaired) electrons. The zero-order chi connectivity index (χ0) is 30.9. The molecule has 3 aromatic rings. The van der Waals surface area contributed by atoms with Crippen LogP contribution < -0.4 is 14.2 Å². The Labute approximate surface area is 253 Å². The molecule has 1 heterocycles. The van der Waals surface area contributed by atoms with Gasteiger partial charge in [-0.15, -0.1) is 0 Å². The number of aliphatic hydroxyl groups is 1. The van der Waals surface area contributed by atoms with Crippen LogP contribution in [0.5, 0.6) is 17.2 Å². The minimum absolute atomic E-state index is 0.0198. The van der Waals surface area contributed by atoms with Crippen molar-refractivity contribution in [3.8, 4) is 17.2 Å². The molecule has 1 N–H and O–H groups in total. The highest BCUT2D eigenvalue weighted by Crippen LogP contribution is 2.42. The van der Waals surface area contributed by atoms with Gasteiger partial charge >= 0.3 is 0 Å². The number of aliphatic hydroxyl groups excluding tert-OH is 1. The first-order chi connectivity index (χ1) is 20.7. The Kier molecular flexibility index (Phi) is 10.8. The quantitative estimate of drug-likeness (QED) is 0.100. The maximum absolute atomic E-state index is 13.4. The Morgan fingerprint density at radius 3 is 2.37 bits per heavy atom. The molecule has 0 saturated carbocycles. The summed E-state index contributed by atoms with van der Waals surface area (Å²) >= 11 is 0. The summed E-state index contributed by atoms with van der Waals surface area (Å²) in [5.74, 6) is 0.508. The van der Waals surface area contributed by atoms with Gasteiger partial charge in [0.1, 0.15) is 18.1 Å². The SMILES string of the molecule is COCCCN1C(=O)C(=O)/C(=C(/O)c2ccc(OCc3cccc(C)c3)cc2)C1c1ccc(OCCC(C)C)c(OC)c1. The molecular formula is C35H41NO7.